The monoisotopic (exact) mass is 423 g/mol. The van der Waals surface area contributed by atoms with Gasteiger partial charge in [-0.05, 0) is 36.2 Å². The number of rotatable bonds is 6. The third-order valence-electron chi connectivity index (χ3n) is 4.59. The van der Waals surface area contributed by atoms with Crippen LogP contribution in [-0.2, 0) is 5.75 Å². The van der Waals surface area contributed by atoms with Crippen LogP contribution in [0.4, 0.5) is 0 Å². The number of carbonyl (C=O) groups is 1. The van der Waals surface area contributed by atoms with Gasteiger partial charge in [0.2, 0.25) is 0 Å². The summed E-state index contributed by atoms with van der Waals surface area (Å²) in [5, 5.41) is 7.25. The molecule has 0 spiro atoms. The van der Waals surface area contributed by atoms with Gasteiger partial charge in [0.15, 0.2) is 0 Å². The van der Waals surface area contributed by atoms with Crippen LogP contribution < -0.4 is 5.32 Å². The average molecular weight is 424 g/mol. The smallest absolute Gasteiger partial charge is 0.252 e. The molecule has 1 N–H and O–H groups in total. The number of amides is 1. The molecule has 1 aliphatic rings. The average Bonchev–Trinajstić information content (AvgIpc) is 3.47. The Hall–Kier alpha value is -2.58. The van der Waals surface area contributed by atoms with Gasteiger partial charge in [0.25, 0.3) is 5.91 Å². The zero-order chi connectivity index (χ0) is 20.1. The van der Waals surface area contributed by atoms with Crippen molar-refractivity contribution in [1.82, 2.24) is 20.1 Å². The first-order valence-electron chi connectivity index (χ1n) is 9.34. The van der Waals surface area contributed by atoms with Gasteiger partial charge in [-0.1, -0.05) is 53.9 Å². The fraction of sp³-hybridized carbons (Fsp3) is 0.238. The molecular formula is C21H21N5OS2. The Balaban J connectivity index is 1.42. The molecule has 29 heavy (non-hydrogen) atoms. The highest BCUT2D eigenvalue weighted by Gasteiger charge is 2.16. The van der Waals surface area contributed by atoms with Gasteiger partial charge in [-0.2, -0.15) is 5.10 Å². The number of thioether (sulfide) groups is 2. The second-order valence-corrected chi connectivity index (χ2v) is 8.87. The lowest BCUT2D eigenvalue weighted by molar-refractivity contribution is 0.0939. The largest absolute Gasteiger partial charge is 0.346 e. The predicted molar refractivity (Wildman–Crippen MR) is 120 cm³/mol. The van der Waals surface area contributed by atoms with Gasteiger partial charge in [-0.15, -0.1) is 0 Å². The first-order valence-corrected chi connectivity index (χ1v) is 11.3. The zero-order valence-corrected chi connectivity index (χ0v) is 17.6. The highest BCUT2D eigenvalue weighted by molar-refractivity contribution is 8.38. The Morgan fingerprint density at radius 2 is 2.07 bits per heavy atom. The van der Waals surface area contributed by atoms with Crippen molar-refractivity contribution in [2.45, 2.75) is 18.7 Å². The minimum Gasteiger partial charge on any atom is -0.346 e. The SMILES string of the molecule is CC(NC(=O)c1ccccc1CSC1=NCCS1)c1ccc(-n2cncn2)cc1. The van der Waals surface area contributed by atoms with E-state index in [0.717, 1.165) is 44.8 Å². The van der Waals surface area contributed by atoms with E-state index in [4.69, 9.17) is 0 Å². The molecule has 0 radical (unpaired) electrons. The molecule has 0 saturated carbocycles. The zero-order valence-electron chi connectivity index (χ0n) is 16.0. The molecule has 148 valence electrons. The summed E-state index contributed by atoms with van der Waals surface area (Å²) in [6.45, 7) is 2.88. The third kappa shape index (κ3) is 4.89. The first-order chi connectivity index (χ1) is 14.2. The third-order valence-corrected chi connectivity index (χ3v) is 6.90. The molecule has 1 aliphatic heterocycles. The number of benzene rings is 2. The molecule has 2 heterocycles. The van der Waals surface area contributed by atoms with Gasteiger partial charge in [0.05, 0.1) is 18.3 Å². The summed E-state index contributed by atoms with van der Waals surface area (Å²) in [5.74, 6) is 1.74. The first kappa shape index (κ1) is 19.7. The molecular weight excluding hydrogens is 402 g/mol. The summed E-state index contributed by atoms with van der Waals surface area (Å²) in [5.41, 5.74) is 3.71. The van der Waals surface area contributed by atoms with Crippen molar-refractivity contribution in [2.75, 3.05) is 12.3 Å². The van der Waals surface area contributed by atoms with E-state index in [9.17, 15) is 4.79 Å². The van der Waals surface area contributed by atoms with Crippen molar-refractivity contribution >= 4 is 33.8 Å². The van der Waals surface area contributed by atoms with Crippen molar-refractivity contribution in [3.8, 4) is 5.69 Å². The maximum atomic E-state index is 12.9. The van der Waals surface area contributed by atoms with Crippen LogP contribution in [0.5, 0.6) is 0 Å². The van der Waals surface area contributed by atoms with Crippen LogP contribution >= 0.6 is 23.5 Å². The summed E-state index contributed by atoms with van der Waals surface area (Å²) in [7, 11) is 0. The standard InChI is InChI=1S/C21H21N5OS2/c1-15(16-6-8-18(9-7-16)26-14-22-13-24-26)25-20(27)19-5-3-2-4-17(19)12-29-21-23-10-11-28-21/h2-9,13-15H,10-12H2,1H3,(H,25,27). The van der Waals surface area contributed by atoms with Crippen LogP contribution in [0.2, 0.25) is 0 Å². The molecule has 3 aromatic rings. The predicted octanol–water partition coefficient (Wildman–Crippen LogP) is 4.09. The summed E-state index contributed by atoms with van der Waals surface area (Å²) in [4.78, 5) is 21.4. The molecule has 0 saturated heterocycles. The number of aliphatic imine (C=N–C) groups is 1. The van der Waals surface area contributed by atoms with E-state index in [1.807, 2.05) is 55.5 Å². The van der Waals surface area contributed by atoms with E-state index in [1.165, 1.54) is 6.33 Å². The Labute approximate surface area is 178 Å². The summed E-state index contributed by atoms with van der Waals surface area (Å²) in [6, 6.07) is 15.6. The lowest BCUT2D eigenvalue weighted by Gasteiger charge is -2.16. The fourth-order valence-electron chi connectivity index (χ4n) is 3.03. The molecule has 1 aromatic heterocycles. The van der Waals surface area contributed by atoms with Crippen LogP contribution in [0, 0.1) is 0 Å². The Kier molecular flexibility index (Phi) is 6.31. The lowest BCUT2D eigenvalue weighted by Crippen LogP contribution is -2.27. The van der Waals surface area contributed by atoms with Crippen molar-refractivity contribution in [2.24, 2.45) is 4.99 Å². The van der Waals surface area contributed by atoms with Crippen molar-refractivity contribution in [3.05, 3.63) is 77.9 Å². The van der Waals surface area contributed by atoms with Gasteiger partial charge in [-0.25, -0.2) is 9.67 Å². The van der Waals surface area contributed by atoms with Crippen molar-refractivity contribution in [1.29, 1.82) is 0 Å². The van der Waals surface area contributed by atoms with E-state index in [1.54, 1.807) is 34.5 Å². The fourth-order valence-corrected chi connectivity index (χ4v) is 5.04. The molecule has 0 aliphatic carbocycles. The highest BCUT2D eigenvalue weighted by Crippen LogP contribution is 2.26. The topological polar surface area (TPSA) is 72.2 Å². The lowest BCUT2D eigenvalue weighted by atomic mass is 10.1. The Morgan fingerprint density at radius 3 is 2.79 bits per heavy atom. The Morgan fingerprint density at radius 1 is 1.24 bits per heavy atom. The van der Waals surface area contributed by atoms with E-state index in [2.05, 4.69) is 20.4 Å². The minimum atomic E-state index is -0.109. The number of carbonyl (C=O) groups excluding carboxylic acids is 1. The van der Waals surface area contributed by atoms with Crippen molar-refractivity contribution < 1.29 is 4.79 Å². The number of nitrogens with one attached hydrogen (secondary N) is 1. The van der Waals surface area contributed by atoms with Crippen LogP contribution in [0.25, 0.3) is 5.69 Å². The summed E-state index contributed by atoms with van der Waals surface area (Å²) in [6.07, 6.45) is 3.16. The molecule has 8 heteroatoms. The molecule has 0 fully saturated rings. The maximum absolute atomic E-state index is 12.9. The number of nitrogens with zero attached hydrogens (tertiary/aromatic N) is 4. The van der Waals surface area contributed by atoms with Gasteiger partial charge in [0.1, 0.15) is 17.0 Å². The van der Waals surface area contributed by atoms with E-state index in [-0.39, 0.29) is 11.9 Å². The molecule has 2 aromatic carbocycles. The molecule has 1 atom stereocenters. The van der Waals surface area contributed by atoms with Crippen LogP contribution in [0.15, 0.2) is 66.2 Å². The van der Waals surface area contributed by atoms with Crippen LogP contribution in [0.3, 0.4) is 0 Å². The Bertz CT molecular complexity index is 1000. The van der Waals surface area contributed by atoms with E-state index < -0.39 is 0 Å². The molecule has 6 nitrogen and oxygen atoms in total. The molecule has 4 rings (SSSR count). The van der Waals surface area contributed by atoms with Crippen LogP contribution in [0.1, 0.15) is 34.5 Å². The molecule has 0 bridgehead atoms. The molecule has 1 unspecified atom stereocenters. The van der Waals surface area contributed by atoms with Crippen LogP contribution in [-0.4, -0.2) is 37.3 Å². The highest BCUT2D eigenvalue weighted by atomic mass is 32.2. The van der Waals surface area contributed by atoms with E-state index in [0.29, 0.717) is 0 Å². The number of aromatic nitrogens is 3. The summed E-state index contributed by atoms with van der Waals surface area (Å²) < 4.78 is 2.81. The number of hydrogen-bond acceptors (Lipinski definition) is 6. The second kappa shape index (κ2) is 9.28. The van der Waals surface area contributed by atoms with E-state index >= 15 is 0 Å². The van der Waals surface area contributed by atoms with Gasteiger partial charge in [-0.3, -0.25) is 9.79 Å². The number of hydrogen-bond donors (Lipinski definition) is 1. The maximum Gasteiger partial charge on any atom is 0.252 e. The van der Waals surface area contributed by atoms with Gasteiger partial charge >= 0.3 is 0 Å². The molecule has 1 amide bonds. The van der Waals surface area contributed by atoms with Crippen molar-refractivity contribution in [3.63, 3.8) is 0 Å². The minimum absolute atomic E-state index is 0.0601. The normalized spacial score (nSPS) is 14.4. The van der Waals surface area contributed by atoms with Gasteiger partial charge in [0, 0.05) is 17.1 Å². The second-order valence-electron chi connectivity index (χ2n) is 6.57. The summed E-state index contributed by atoms with van der Waals surface area (Å²) >= 11 is 3.49. The van der Waals surface area contributed by atoms with Gasteiger partial charge < -0.3 is 5.32 Å². The quantitative estimate of drug-likeness (QED) is 0.646.